The fraction of sp³-hybridized carbons (Fsp3) is 0.632. The van der Waals surface area contributed by atoms with Crippen molar-refractivity contribution in [3.05, 3.63) is 22.7 Å². The van der Waals surface area contributed by atoms with E-state index in [0.717, 1.165) is 38.2 Å². The molecule has 6 heteroatoms. The highest BCUT2D eigenvalue weighted by Crippen LogP contribution is 2.30. The molecule has 1 heterocycles. The van der Waals surface area contributed by atoms with Gasteiger partial charge in [-0.2, -0.15) is 0 Å². The Hall–Kier alpha value is -1.46. The molecule has 1 aromatic carbocycles. The summed E-state index contributed by atoms with van der Waals surface area (Å²) in [7, 11) is 3.36. The van der Waals surface area contributed by atoms with Crippen LogP contribution in [0.25, 0.3) is 0 Å². The first-order valence-corrected chi connectivity index (χ1v) is 9.55. The van der Waals surface area contributed by atoms with Crippen LogP contribution in [0.2, 0.25) is 5.02 Å². The number of nitrogens with zero attached hydrogens (tertiary/aromatic N) is 1. The standard InChI is InChI=1S/C19H30ClN3O2/c1-4-23-10-8-6-5-7-9-14(13-23)22-19(24)15-11-16(20)17(21-2)12-18(15)25-3/h11-12,14,21H,4-10,13H2,1-3H3,(H,22,24). The highest BCUT2D eigenvalue weighted by atomic mass is 35.5. The van der Waals surface area contributed by atoms with Crippen molar-refractivity contribution in [3.63, 3.8) is 0 Å². The zero-order chi connectivity index (χ0) is 18.2. The van der Waals surface area contributed by atoms with Crippen LogP contribution in [0.5, 0.6) is 5.75 Å². The van der Waals surface area contributed by atoms with Crippen LogP contribution in [-0.4, -0.2) is 50.6 Å². The molecule has 1 aliphatic rings. The van der Waals surface area contributed by atoms with Gasteiger partial charge in [-0.3, -0.25) is 4.79 Å². The molecule has 0 radical (unpaired) electrons. The van der Waals surface area contributed by atoms with Gasteiger partial charge in [-0.1, -0.05) is 37.8 Å². The SMILES string of the molecule is CCN1CCCCCCC(NC(=O)c2cc(Cl)c(NC)cc2OC)C1. The topological polar surface area (TPSA) is 53.6 Å². The first kappa shape index (κ1) is 19.9. The summed E-state index contributed by atoms with van der Waals surface area (Å²) in [6.45, 7) is 5.19. The number of methoxy groups -OCH3 is 1. The maximum atomic E-state index is 12.8. The Morgan fingerprint density at radius 3 is 2.76 bits per heavy atom. The zero-order valence-electron chi connectivity index (χ0n) is 15.5. The minimum Gasteiger partial charge on any atom is -0.496 e. The van der Waals surface area contributed by atoms with Crippen molar-refractivity contribution in [2.75, 3.05) is 39.1 Å². The molecule has 0 saturated carbocycles. The zero-order valence-corrected chi connectivity index (χ0v) is 16.3. The van der Waals surface area contributed by atoms with Gasteiger partial charge >= 0.3 is 0 Å². The van der Waals surface area contributed by atoms with Crippen LogP contribution in [0.3, 0.4) is 0 Å². The second-order valence-electron chi connectivity index (χ2n) is 6.55. The van der Waals surface area contributed by atoms with Crippen molar-refractivity contribution in [2.45, 2.75) is 45.1 Å². The van der Waals surface area contributed by atoms with Gasteiger partial charge in [0, 0.05) is 25.7 Å². The summed E-state index contributed by atoms with van der Waals surface area (Å²) in [6, 6.07) is 3.59. The third kappa shape index (κ3) is 5.51. The van der Waals surface area contributed by atoms with E-state index in [1.165, 1.54) is 19.3 Å². The average molecular weight is 368 g/mol. The van der Waals surface area contributed by atoms with Crippen molar-refractivity contribution in [1.29, 1.82) is 0 Å². The highest BCUT2D eigenvalue weighted by Gasteiger charge is 2.21. The molecule has 1 atom stereocenters. The predicted octanol–water partition coefficient (Wildman–Crippen LogP) is 3.77. The number of carbonyl (C=O) groups is 1. The lowest BCUT2D eigenvalue weighted by molar-refractivity contribution is 0.0919. The predicted molar refractivity (Wildman–Crippen MR) is 104 cm³/mol. The fourth-order valence-electron chi connectivity index (χ4n) is 3.33. The van der Waals surface area contributed by atoms with Crippen LogP contribution in [0.1, 0.15) is 49.4 Å². The fourth-order valence-corrected chi connectivity index (χ4v) is 3.59. The van der Waals surface area contributed by atoms with E-state index in [0.29, 0.717) is 16.3 Å². The van der Waals surface area contributed by atoms with Crippen molar-refractivity contribution in [3.8, 4) is 5.75 Å². The summed E-state index contributed by atoms with van der Waals surface area (Å²) in [6.07, 6.45) is 5.90. The molecule has 0 aliphatic carbocycles. The Balaban J connectivity index is 2.14. The monoisotopic (exact) mass is 367 g/mol. The second kappa shape index (κ2) is 9.88. The van der Waals surface area contributed by atoms with Gasteiger partial charge in [0.1, 0.15) is 5.75 Å². The summed E-state index contributed by atoms with van der Waals surface area (Å²) in [4.78, 5) is 15.3. The molecule has 1 unspecified atom stereocenters. The lowest BCUT2D eigenvalue weighted by Crippen LogP contribution is -2.43. The maximum absolute atomic E-state index is 12.8. The molecule has 1 fully saturated rings. The van der Waals surface area contributed by atoms with Gasteiger partial charge in [-0.05, 0) is 32.0 Å². The quantitative estimate of drug-likeness (QED) is 0.831. The Bertz CT molecular complexity index is 580. The summed E-state index contributed by atoms with van der Waals surface area (Å²) in [5.41, 5.74) is 1.23. The van der Waals surface area contributed by atoms with E-state index in [1.54, 1.807) is 26.3 Å². The second-order valence-corrected chi connectivity index (χ2v) is 6.96. The van der Waals surface area contributed by atoms with Gasteiger partial charge in [0.05, 0.1) is 23.4 Å². The summed E-state index contributed by atoms with van der Waals surface area (Å²) in [5, 5.41) is 6.71. The van der Waals surface area contributed by atoms with Gasteiger partial charge < -0.3 is 20.3 Å². The number of benzene rings is 1. The number of hydrogen-bond acceptors (Lipinski definition) is 4. The van der Waals surface area contributed by atoms with Gasteiger partial charge in [0.15, 0.2) is 0 Å². The summed E-state index contributed by atoms with van der Waals surface area (Å²) < 4.78 is 5.39. The van der Waals surface area contributed by atoms with Gasteiger partial charge in [-0.15, -0.1) is 0 Å². The Labute approximate surface area is 156 Å². The molecule has 2 rings (SSSR count). The number of anilines is 1. The summed E-state index contributed by atoms with van der Waals surface area (Å²) in [5.74, 6) is 0.406. The molecular weight excluding hydrogens is 338 g/mol. The third-order valence-corrected chi connectivity index (χ3v) is 5.15. The minimum atomic E-state index is -0.123. The summed E-state index contributed by atoms with van der Waals surface area (Å²) >= 11 is 6.25. The molecule has 1 aliphatic heterocycles. The van der Waals surface area contributed by atoms with Crippen molar-refractivity contribution in [1.82, 2.24) is 10.2 Å². The molecule has 1 amide bonds. The van der Waals surface area contributed by atoms with E-state index < -0.39 is 0 Å². The largest absolute Gasteiger partial charge is 0.496 e. The molecular formula is C19H30ClN3O2. The van der Waals surface area contributed by atoms with Crippen LogP contribution in [0, 0.1) is 0 Å². The lowest BCUT2D eigenvalue weighted by Gasteiger charge is -2.26. The molecule has 140 valence electrons. The first-order chi connectivity index (χ1) is 12.1. The van der Waals surface area contributed by atoms with E-state index in [-0.39, 0.29) is 11.9 Å². The van der Waals surface area contributed by atoms with E-state index in [2.05, 4.69) is 22.5 Å². The smallest absolute Gasteiger partial charge is 0.255 e. The molecule has 0 aromatic heterocycles. The molecule has 5 nitrogen and oxygen atoms in total. The van der Waals surface area contributed by atoms with Gasteiger partial charge in [0.25, 0.3) is 5.91 Å². The van der Waals surface area contributed by atoms with Gasteiger partial charge in [-0.25, -0.2) is 0 Å². The van der Waals surface area contributed by atoms with Crippen molar-refractivity contribution >= 4 is 23.2 Å². The first-order valence-electron chi connectivity index (χ1n) is 9.17. The normalized spacial score (nSPS) is 19.4. The number of amides is 1. The lowest BCUT2D eigenvalue weighted by atomic mass is 10.1. The van der Waals surface area contributed by atoms with Crippen molar-refractivity contribution in [2.24, 2.45) is 0 Å². The van der Waals surface area contributed by atoms with Crippen LogP contribution < -0.4 is 15.4 Å². The Morgan fingerprint density at radius 1 is 1.32 bits per heavy atom. The number of nitrogens with one attached hydrogen (secondary N) is 2. The number of rotatable bonds is 5. The van der Waals surface area contributed by atoms with Crippen LogP contribution >= 0.6 is 11.6 Å². The maximum Gasteiger partial charge on any atom is 0.255 e. The minimum absolute atomic E-state index is 0.123. The van der Waals surface area contributed by atoms with E-state index >= 15 is 0 Å². The molecule has 1 aromatic rings. The molecule has 0 spiro atoms. The Kier molecular flexibility index (Phi) is 7.85. The molecule has 2 N–H and O–H groups in total. The highest BCUT2D eigenvalue weighted by molar-refractivity contribution is 6.33. The van der Waals surface area contributed by atoms with Crippen LogP contribution in [-0.2, 0) is 0 Å². The number of ether oxygens (including phenoxy) is 1. The molecule has 0 bridgehead atoms. The van der Waals surface area contributed by atoms with Crippen LogP contribution in [0.15, 0.2) is 12.1 Å². The van der Waals surface area contributed by atoms with E-state index in [4.69, 9.17) is 16.3 Å². The molecule has 1 saturated heterocycles. The number of hydrogen-bond donors (Lipinski definition) is 2. The number of carbonyl (C=O) groups excluding carboxylic acids is 1. The van der Waals surface area contributed by atoms with Crippen molar-refractivity contribution < 1.29 is 9.53 Å². The van der Waals surface area contributed by atoms with Gasteiger partial charge in [0.2, 0.25) is 0 Å². The van der Waals surface area contributed by atoms with E-state index in [9.17, 15) is 4.79 Å². The molecule has 25 heavy (non-hydrogen) atoms. The Morgan fingerprint density at radius 2 is 2.08 bits per heavy atom. The number of halogens is 1. The third-order valence-electron chi connectivity index (χ3n) is 4.84. The van der Waals surface area contributed by atoms with E-state index in [1.807, 2.05) is 0 Å². The van der Waals surface area contributed by atoms with Crippen LogP contribution in [0.4, 0.5) is 5.69 Å². The number of likely N-dealkylation sites (N-methyl/N-ethyl adjacent to an activating group) is 1. The average Bonchev–Trinajstić information content (AvgIpc) is 2.73.